The summed E-state index contributed by atoms with van der Waals surface area (Å²) < 4.78 is 10.7. The molecule has 5 heterocycles. The van der Waals surface area contributed by atoms with Gasteiger partial charge in [0, 0.05) is 55.4 Å². The molecule has 2 N–H and O–H groups in total. The van der Waals surface area contributed by atoms with Crippen LogP contribution in [0.2, 0.25) is 0 Å². The Bertz CT molecular complexity index is 3510. The quantitative estimate of drug-likeness (QED) is 0.161. The number of hydrogen-bond acceptors (Lipinski definition) is 6. The third kappa shape index (κ3) is 9.38. The van der Waals surface area contributed by atoms with Gasteiger partial charge in [0.15, 0.2) is 0 Å². The van der Waals surface area contributed by atoms with Crippen LogP contribution in [-0.2, 0) is 31.1 Å². The SMILES string of the molecule is COC(=O)c1ccccc1-c1c2nc(c(-c3cc(C(C)(C)C)cc(C(C)(C)C)c3)c3ccc([nH]3)c(-c3cc(C(C)(C)C)cc(C(C)(C)C)c3)c3ccc([nH]3)c(-c3ccccc3C(=O)OC)c3nc1C=C3)C=C2. The Morgan fingerprint density at radius 1 is 0.389 bits per heavy atom. The first-order valence-corrected chi connectivity index (χ1v) is 24.8. The number of aromatic amines is 2. The molecule has 4 aromatic carbocycles. The minimum absolute atomic E-state index is 0.144. The summed E-state index contributed by atoms with van der Waals surface area (Å²) in [5.74, 6) is -0.942. The number of methoxy groups -OCH3 is 2. The van der Waals surface area contributed by atoms with Gasteiger partial charge in [0.1, 0.15) is 0 Å². The fraction of sp³-hybridized carbons (Fsp3) is 0.281. The molecule has 8 heteroatoms. The number of hydrogen-bond donors (Lipinski definition) is 2. The minimum Gasteiger partial charge on any atom is -0.465 e. The van der Waals surface area contributed by atoms with Gasteiger partial charge in [0.05, 0.1) is 48.1 Å². The fourth-order valence-corrected chi connectivity index (χ4v) is 9.63. The van der Waals surface area contributed by atoms with Crippen molar-refractivity contribution < 1.29 is 19.1 Å². The van der Waals surface area contributed by atoms with E-state index in [-0.39, 0.29) is 21.7 Å². The van der Waals surface area contributed by atoms with Crippen molar-refractivity contribution in [3.05, 3.63) is 165 Å². The number of nitrogens with one attached hydrogen (secondary N) is 2. The highest BCUT2D eigenvalue weighted by molar-refractivity contribution is 6.06. The van der Waals surface area contributed by atoms with E-state index in [1.165, 1.54) is 36.5 Å². The van der Waals surface area contributed by atoms with Gasteiger partial charge < -0.3 is 19.4 Å². The Kier molecular flexibility index (Phi) is 12.5. The average Bonchev–Trinajstić information content (AvgIpc) is 4.19. The van der Waals surface area contributed by atoms with Gasteiger partial charge >= 0.3 is 11.9 Å². The fourth-order valence-electron chi connectivity index (χ4n) is 9.63. The maximum atomic E-state index is 13.6. The molecule has 2 aliphatic heterocycles. The van der Waals surface area contributed by atoms with Crippen LogP contribution < -0.4 is 0 Å². The summed E-state index contributed by atoms with van der Waals surface area (Å²) in [6.45, 7) is 27.1. The van der Waals surface area contributed by atoms with Gasteiger partial charge in [-0.1, -0.05) is 156 Å². The van der Waals surface area contributed by atoms with Gasteiger partial charge in [-0.3, -0.25) is 0 Å². The molecule has 9 rings (SSSR count). The van der Waals surface area contributed by atoms with Gasteiger partial charge in [-0.15, -0.1) is 0 Å². The number of aromatic nitrogens is 4. The van der Waals surface area contributed by atoms with Crippen LogP contribution in [0, 0.1) is 0 Å². The molecular formula is C64H66N4O4. The first kappa shape index (κ1) is 49.4. The lowest BCUT2D eigenvalue weighted by Crippen LogP contribution is -2.16. The first-order chi connectivity index (χ1) is 33.9. The molecule has 0 spiro atoms. The van der Waals surface area contributed by atoms with E-state index in [2.05, 4.69) is 160 Å². The molecule has 0 amide bonds. The maximum absolute atomic E-state index is 13.6. The van der Waals surface area contributed by atoms with Crippen molar-refractivity contribution in [3.8, 4) is 44.5 Å². The van der Waals surface area contributed by atoms with Crippen molar-refractivity contribution in [2.24, 2.45) is 0 Å². The second-order valence-corrected chi connectivity index (χ2v) is 23.2. The molecule has 366 valence electrons. The third-order valence-electron chi connectivity index (χ3n) is 13.9. The number of benzene rings is 4. The van der Waals surface area contributed by atoms with E-state index < -0.39 is 11.9 Å². The number of H-pyrrole nitrogens is 2. The van der Waals surface area contributed by atoms with Gasteiger partial charge in [-0.2, -0.15) is 0 Å². The Morgan fingerprint density at radius 2 is 0.694 bits per heavy atom. The summed E-state index contributed by atoms with van der Waals surface area (Å²) in [6.07, 6.45) is 8.02. The summed E-state index contributed by atoms with van der Waals surface area (Å²) in [7, 11) is 2.79. The summed E-state index contributed by atoms with van der Waals surface area (Å²) in [5.41, 5.74) is 17.7. The number of carbonyl (C=O) groups is 2. The van der Waals surface area contributed by atoms with E-state index >= 15 is 0 Å². The first-order valence-electron chi connectivity index (χ1n) is 24.8. The van der Waals surface area contributed by atoms with E-state index in [9.17, 15) is 9.59 Å². The topological polar surface area (TPSA) is 110 Å². The second kappa shape index (κ2) is 18.2. The standard InChI is InChI=1S/C64H66N4O4/c1-61(2,3)39-31-37(32-40(35-39)62(4,5)6)55-47-23-24-48(65-47)56(38-33-41(63(7,8)9)36-42(34-38)64(10,11)12)50-26-28-52(67-50)58(44-20-16-18-22-46(44)60(70)72-14)54-30-29-53(68-54)57(51-27-25-49(55)66-51)43-19-15-17-21-45(43)59(69)71-13/h15-36,65-66H,1-14H3. The van der Waals surface area contributed by atoms with E-state index in [0.29, 0.717) is 50.5 Å². The number of rotatable bonds is 6. The van der Waals surface area contributed by atoms with Crippen molar-refractivity contribution in [2.75, 3.05) is 14.2 Å². The molecule has 7 aromatic rings. The number of fused-ring (bicyclic) bond motifs is 8. The number of ether oxygens (including phenoxy) is 2. The van der Waals surface area contributed by atoms with Crippen LogP contribution in [0.25, 0.3) is 90.9 Å². The predicted molar refractivity (Wildman–Crippen MR) is 298 cm³/mol. The third-order valence-corrected chi connectivity index (χ3v) is 13.9. The molecule has 0 aliphatic carbocycles. The van der Waals surface area contributed by atoms with E-state index in [0.717, 1.165) is 50.0 Å². The Morgan fingerprint density at radius 3 is 1.07 bits per heavy atom. The van der Waals surface area contributed by atoms with Crippen molar-refractivity contribution in [1.29, 1.82) is 0 Å². The molecule has 0 saturated heterocycles. The zero-order valence-electron chi connectivity index (χ0n) is 44.2. The van der Waals surface area contributed by atoms with Crippen LogP contribution in [0.3, 0.4) is 0 Å². The highest BCUT2D eigenvalue weighted by Gasteiger charge is 2.28. The molecule has 0 saturated carbocycles. The summed E-state index contributed by atoms with van der Waals surface area (Å²) in [6, 6.07) is 37.4. The Labute approximate surface area is 424 Å². The minimum atomic E-state index is -0.475. The lowest BCUT2D eigenvalue weighted by atomic mass is 9.79. The predicted octanol–water partition coefficient (Wildman–Crippen LogP) is 16.1. The van der Waals surface area contributed by atoms with Gasteiger partial charge in [-0.25, -0.2) is 19.6 Å². The number of esters is 2. The molecule has 3 aromatic heterocycles. The molecule has 0 radical (unpaired) electrons. The highest BCUT2D eigenvalue weighted by atomic mass is 16.5. The molecule has 0 unspecified atom stereocenters. The van der Waals surface area contributed by atoms with E-state index in [4.69, 9.17) is 19.4 Å². The highest BCUT2D eigenvalue weighted by Crippen LogP contribution is 2.43. The van der Waals surface area contributed by atoms with Crippen molar-refractivity contribution in [3.63, 3.8) is 0 Å². The van der Waals surface area contributed by atoms with Gasteiger partial charge in [0.2, 0.25) is 0 Å². The zero-order chi connectivity index (χ0) is 51.7. The van der Waals surface area contributed by atoms with Crippen LogP contribution in [0.15, 0.2) is 109 Å². The number of carbonyl (C=O) groups excluding carboxylic acids is 2. The molecule has 2 aliphatic rings. The molecular weight excluding hydrogens is 889 g/mol. The lowest BCUT2D eigenvalue weighted by Gasteiger charge is -2.26. The lowest BCUT2D eigenvalue weighted by molar-refractivity contribution is 0.0592. The largest absolute Gasteiger partial charge is 0.465 e. The molecule has 72 heavy (non-hydrogen) atoms. The molecule has 0 atom stereocenters. The Balaban J connectivity index is 1.54. The van der Waals surface area contributed by atoms with Crippen LogP contribution in [0.5, 0.6) is 0 Å². The molecule has 8 nitrogen and oxygen atoms in total. The summed E-state index contributed by atoms with van der Waals surface area (Å²) in [5, 5.41) is 0. The van der Waals surface area contributed by atoms with Crippen LogP contribution >= 0.6 is 0 Å². The second-order valence-electron chi connectivity index (χ2n) is 23.2. The maximum Gasteiger partial charge on any atom is 0.338 e. The van der Waals surface area contributed by atoms with Gasteiger partial charge in [0.25, 0.3) is 0 Å². The Hall–Kier alpha value is -7.58. The summed E-state index contributed by atoms with van der Waals surface area (Å²) in [4.78, 5) is 46.1. The van der Waals surface area contributed by atoms with Crippen LogP contribution in [-0.4, -0.2) is 46.1 Å². The van der Waals surface area contributed by atoms with Crippen molar-refractivity contribution in [1.82, 2.24) is 19.9 Å². The summed E-state index contributed by atoms with van der Waals surface area (Å²) >= 11 is 0. The number of nitrogens with zero attached hydrogens (tertiary/aromatic N) is 2. The zero-order valence-corrected chi connectivity index (χ0v) is 44.2. The van der Waals surface area contributed by atoms with Crippen molar-refractivity contribution >= 4 is 58.3 Å². The van der Waals surface area contributed by atoms with Crippen LogP contribution in [0.4, 0.5) is 0 Å². The smallest absolute Gasteiger partial charge is 0.338 e. The monoisotopic (exact) mass is 955 g/mol. The van der Waals surface area contributed by atoms with Crippen LogP contribution in [0.1, 0.15) is 149 Å². The van der Waals surface area contributed by atoms with E-state index in [1.807, 2.05) is 54.6 Å². The van der Waals surface area contributed by atoms with Gasteiger partial charge in [-0.05, 0) is 116 Å². The normalized spacial score (nSPS) is 12.9. The van der Waals surface area contributed by atoms with E-state index in [1.54, 1.807) is 12.1 Å². The molecule has 8 bridgehead atoms. The average molecular weight is 955 g/mol. The molecule has 0 fully saturated rings. The van der Waals surface area contributed by atoms with Crippen molar-refractivity contribution in [2.45, 2.75) is 105 Å².